The molecule has 1 aromatic carbocycles. The third-order valence-electron chi connectivity index (χ3n) is 3.08. The zero-order chi connectivity index (χ0) is 12.8. The zero-order valence-corrected chi connectivity index (χ0v) is 11.8. The second kappa shape index (κ2) is 6.70. The van der Waals surface area contributed by atoms with Gasteiger partial charge in [0.1, 0.15) is 0 Å². The zero-order valence-electron chi connectivity index (χ0n) is 11.0. The predicted octanol–water partition coefficient (Wildman–Crippen LogP) is 5.21. The van der Waals surface area contributed by atoms with Gasteiger partial charge in [-0.15, -0.1) is 0 Å². The molecule has 0 heterocycles. The van der Waals surface area contributed by atoms with Gasteiger partial charge in [0.15, 0.2) is 0 Å². The van der Waals surface area contributed by atoms with Crippen LogP contribution in [0.25, 0.3) is 6.08 Å². The SMILES string of the molecule is CCCC/C(=C\c1c(C)ccc(N)c1Cl)CC. The summed E-state index contributed by atoms with van der Waals surface area (Å²) in [6.07, 6.45) is 6.89. The number of allylic oxidation sites excluding steroid dienone is 1. The van der Waals surface area contributed by atoms with Crippen LogP contribution >= 0.6 is 11.6 Å². The standard InChI is InChI=1S/C15H22ClN/c1-4-6-7-12(5-2)10-13-11(3)8-9-14(17)15(13)16/h8-10H,4-7,17H2,1-3H3/b12-10-. The van der Waals surface area contributed by atoms with E-state index in [4.69, 9.17) is 17.3 Å². The van der Waals surface area contributed by atoms with E-state index in [0.717, 1.165) is 18.4 Å². The van der Waals surface area contributed by atoms with E-state index in [1.54, 1.807) is 0 Å². The fourth-order valence-corrected chi connectivity index (χ4v) is 2.11. The molecule has 1 rings (SSSR count). The third kappa shape index (κ3) is 3.78. The molecule has 0 aliphatic heterocycles. The summed E-state index contributed by atoms with van der Waals surface area (Å²) < 4.78 is 0. The maximum absolute atomic E-state index is 6.26. The number of hydrogen-bond donors (Lipinski definition) is 1. The fraction of sp³-hybridized carbons (Fsp3) is 0.467. The summed E-state index contributed by atoms with van der Waals surface area (Å²) in [5, 5.41) is 0.687. The number of unbranched alkanes of at least 4 members (excludes halogenated alkanes) is 1. The largest absolute Gasteiger partial charge is 0.398 e. The van der Waals surface area contributed by atoms with Gasteiger partial charge in [0.2, 0.25) is 0 Å². The maximum atomic E-state index is 6.26. The van der Waals surface area contributed by atoms with E-state index in [9.17, 15) is 0 Å². The number of anilines is 1. The first kappa shape index (κ1) is 14.1. The molecule has 0 radical (unpaired) electrons. The van der Waals surface area contributed by atoms with Crippen LogP contribution in [0.4, 0.5) is 5.69 Å². The highest BCUT2D eigenvalue weighted by Crippen LogP contribution is 2.29. The number of nitrogens with two attached hydrogens (primary N) is 1. The Labute approximate surface area is 110 Å². The number of halogens is 1. The smallest absolute Gasteiger partial charge is 0.0710 e. The van der Waals surface area contributed by atoms with Crippen molar-refractivity contribution in [1.29, 1.82) is 0 Å². The summed E-state index contributed by atoms with van der Waals surface area (Å²) in [4.78, 5) is 0. The average molecular weight is 252 g/mol. The number of rotatable bonds is 5. The minimum Gasteiger partial charge on any atom is -0.398 e. The van der Waals surface area contributed by atoms with Crippen LogP contribution in [0.1, 0.15) is 50.7 Å². The molecule has 1 aromatic rings. The Morgan fingerprint density at radius 1 is 1.35 bits per heavy atom. The molecule has 0 spiro atoms. The molecule has 0 amide bonds. The highest BCUT2D eigenvalue weighted by atomic mass is 35.5. The van der Waals surface area contributed by atoms with Crippen molar-refractivity contribution in [2.24, 2.45) is 0 Å². The quantitative estimate of drug-likeness (QED) is 0.714. The number of hydrogen-bond acceptors (Lipinski definition) is 1. The lowest BCUT2D eigenvalue weighted by atomic mass is 10.00. The summed E-state index contributed by atoms with van der Waals surface area (Å²) in [7, 11) is 0. The van der Waals surface area contributed by atoms with Gasteiger partial charge in [0, 0.05) is 0 Å². The van der Waals surface area contributed by atoms with E-state index in [0.29, 0.717) is 10.7 Å². The summed E-state index contributed by atoms with van der Waals surface area (Å²) in [5.41, 5.74) is 10.2. The molecule has 2 N–H and O–H groups in total. The van der Waals surface area contributed by atoms with E-state index < -0.39 is 0 Å². The molecule has 94 valence electrons. The minimum atomic E-state index is 0.662. The van der Waals surface area contributed by atoms with Crippen LogP contribution in [-0.2, 0) is 0 Å². The third-order valence-corrected chi connectivity index (χ3v) is 3.50. The molecule has 0 saturated heterocycles. The second-order valence-electron chi connectivity index (χ2n) is 4.46. The van der Waals surface area contributed by atoms with Crippen LogP contribution < -0.4 is 5.73 Å². The van der Waals surface area contributed by atoms with Crippen molar-refractivity contribution in [2.75, 3.05) is 5.73 Å². The van der Waals surface area contributed by atoms with Crippen LogP contribution in [0.5, 0.6) is 0 Å². The lowest BCUT2D eigenvalue weighted by molar-refractivity contribution is 0.770. The van der Waals surface area contributed by atoms with E-state index in [1.165, 1.54) is 24.0 Å². The molecule has 0 aromatic heterocycles. The molecular weight excluding hydrogens is 230 g/mol. The van der Waals surface area contributed by atoms with Crippen molar-refractivity contribution in [1.82, 2.24) is 0 Å². The summed E-state index contributed by atoms with van der Waals surface area (Å²) in [6, 6.07) is 3.90. The van der Waals surface area contributed by atoms with Gasteiger partial charge in [-0.25, -0.2) is 0 Å². The van der Waals surface area contributed by atoms with Crippen molar-refractivity contribution in [2.45, 2.75) is 46.5 Å². The molecule has 0 aliphatic rings. The van der Waals surface area contributed by atoms with E-state index in [1.807, 2.05) is 12.1 Å². The highest BCUT2D eigenvalue weighted by Gasteiger charge is 2.06. The van der Waals surface area contributed by atoms with Gasteiger partial charge < -0.3 is 5.73 Å². The first-order valence-electron chi connectivity index (χ1n) is 6.34. The van der Waals surface area contributed by atoms with Crippen molar-refractivity contribution in [3.05, 3.63) is 33.9 Å². The summed E-state index contributed by atoms with van der Waals surface area (Å²) in [5.74, 6) is 0. The van der Waals surface area contributed by atoms with Crippen LogP contribution in [-0.4, -0.2) is 0 Å². The first-order valence-corrected chi connectivity index (χ1v) is 6.71. The van der Waals surface area contributed by atoms with Gasteiger partial charge >= 0.3 is 0 Å². The summed E-state index contributed by atoms with van der Waals surface area (Å²) in [6.45, 7) is 6.48. The Kier molecular flexibility index (Phi) is 5.57. The number of benzene rings is 1. The number of aryl methyl sites for hydroxylation is 1. The normalized spacial score (nSPS) is 11.9. The van der Waals surface area contributed by atoms with Crippen LogP contribution in [0, 0.1) is 6.92 Å². The van der Waals surface area contributed by atoms with Gasteiger partial charge in [-0.2, -0.15) is 0 Å². The van der Waals surface area contributed by atoms with Crippen LogP contribution in [0.2, 0.25) is 5.02 Å². The molecule has 17 heavy (non-hydrogen) atoms. The number of nitrogen functional groups attached to an aromatic ring is 1. The summed E-state index contributed by atoms with van der Waals surface area (Å²) >= 11 is 6.26. The van der Waals surface area contributed by atoms with E-state index >= 15 is 0 Å². The van der Waals surface area contributed by atoms with Crippen molar-refractivity contribution < 1.29 is 0 Å². The Morgan fingerprint density at radius 3 is 2.65 bits per heavy atom. The Bertz CT molecular complexity index is 408. The average Bonchev–Trinajstić information content (AvgIpc) is 2.33. The Balaban J connectivity index is 3.06. The van der Waals surface area contributed by atoms with E-state index in [-0.39, 0.29) is 0 Å². The van der Waals surface area contributed by atoms with Crippen molar-refractivity contribution >= 4 is 23.4 Å². The van der Waals surface area contributed by atoms with Gasteiger partial charge in [0.05, 0.1) is 10.7 Å². The molecular formula is C15H22ClN. The maximum Gasteiger partial charge on any atom is 0.0710 e. The molecule has 0 fully saturated rings. The monoisotopic (exact) mass is 251 g/mol. The Hall–Kier alpha value is -0.950. The van der Waals surface area contributed by atoms with Crippen molar-refractivity contribution in [3.63, 3.8) is 0 Å². The van der Waals surface area contributed by atoms with Gasteiger partial charge in [0.25, 0.3) is 0 Å². The molecule has 2 heteroatoms. The van der Waals surface area contributed by atoms with Crippen LogP contribution in [0.15, 0.2) is 17.7 Å². The predicted molar refractivity (Wildman–Crippen MR) is 78.4 cm³/mol. The highest BCUT2D eigenvalue weighted by molar-refractivity contribution is 6.34. The topological polar surface area (TPSA) is 26.0 Å². The van der Waals surface area contributed by atoms with Gasteiger partial charge in [-0.05, 0) is 43.4 Å². The second-order valence-corrected chi connectivity index (χ2v) is 4.84. The van der Waals surface area contributed by atoms with Gasteiger partial charge in [-0.3, -0.25) is 0 Å². The molecule has 0 atom stereocenters. The van der Waals surface area contributed by atoms with Crippen molar-refractivity contribution in [3.8, 4) is 0 Å². The lowest BCUT2D eigenvalue weighted by Gasteiger charge is -2.09. The molecule has 1 nitrogen and oxygen atoms in total. The van der Waals surface area contributed by atoms with E-state index in [2.05, 4.69) is 26.8 Å². The fourth-order valence-electron chi connectivity index (χ4n) is 1.84. The first-order chi connectivity index (χ1) is 8.10. The molecule has 0 unspecified atom stereocenters. The van der Waals surface area contributed by atoms with Crippen LogP contribution in [0.3, 0.4) is 0 Å². The van der Waals surface area contributed by atoms with Gasteiger partial charge in [-0.1, -0.05) is 49.6 Å². The molecule has 0 bridgehead atoms. The lowest BCUT2D eigenvalue weighted by Crippen LogP contribution is -1.92. The minimum absolute atomic E-state index is 0.662. The molecule has 0 aliphatic carbocycles. The Morgan fingerprint density at radius 2 is 2.06 bits per heavy atom. The molecule has 0 saturated carbocycles.